The van der Waals surface area contributed by atoms with Gasteiger partial charge in [-0.25, -0.2) is 0 Å². The summed E-state index contributed by atoms with van der Waals surface area (Å²) in [6.07, 6.45) is 23.7. The maximum absolute atomic E-state index is 12.9. The highest BCUT2D eigenvalue weighted by molar-refractivity contribution is 5.92. The van der Waals surface area contributed by atoms with Gasteiger partial charge >= 0.3 is 0 Å². The van der Waals surface area contributed by atoms with Crippen LogP contribution in [0.3, 0.4) is 0 Å². The molecule has 0 bridgehead atoms. The summed E-state index contributed by atoms with van der Waals surface area (Å²) in [4.78, 5) is 37.9. The number of rotatable bonds is 26. The molecule has 0 aliphatic rings. The summed E-state index contributed by atoms with van der Waals surface area (Å²) in [7, 11) is 0. The zero-order valence-electron chi connectivity index (χ0n) is 26.3. The Balaban J connectivity index is 4.03. The lowest BCUT2D eigenvalue weighted by Crippen LogP contribution is -2.56. The molecule has 0 rings (SSSR count). The Morgan fingerprint density at radius 1 is 0.615 bits per heavy atom. The number of hydrogen-bond acceptors (Lipinski definition) is 3. The van der Waals surface area contributed by atoms with Crippen molar-refractivity contribution in [1.29, 1.82) is 0 Å². The molecular weight excluding hydrogens is 486 g/mol. The van der Waals surface area contributed by atoms with Gasteiger partial charge in [0.25, 0.3) is 0 Å². The van der Waals surface area contributed by atoms with Gasteiger partial charge in [-0.3, -0.25) is 14.4 Å². The van der Waals surface area contributed by atoms with Gasteiger partial charge in [-0.15, -0.1) is 6.58 Å². The molecule has 0 spiro atoms. The van der Waals surface area contributed by atoms with Gasteiger partial charge in [0.15, 0.2) is 0 Å². The minimum atomic E-state index is -0.670. The van der Waals surface area contributed by atoms with Crippen molar-refractivity contribution in [2.24, 2.45) is 11.8 Å². The molecule has 6 heteroatoms. The van der Waals surface area contributed by atoms with Crippen molar-refractivity contribution >= 4 is 17.7 Å². The summed E-state index contributed by atoms with van der Waals surface area (Å²) in [5, 5.41) is 8.69. The third-order valence-electron chi connectivity index (χ3n) is 7.42. The molecule has 0 saturated heterocycles. The Hall–Kier alpha value is -1.85. The van der Waals surface area contributed by atoms with Crippen molar-refractivity contribution in [2.75, 3.05) is 6.54 Å². The van der Waals surface area contributed by atoms with E-state index in [0.717, 1.165) is 12.8 Å². The predicted octanol–water partition coefficient (Wildman–Crippen LogP) is 7.61. The number of hydrogen-bond donors (Lipinski definition) is 3. The number of nitrogens with one attached hydrogen (secondary N) is 3. The van der Waals surface area contributed by atoms with Gasteiger partial charge in [-0.1, -0.05) is 137 Å². The normalized spacial score (nSPS) is 12.8. The van der Waals surface area contributed by atoms with Crippen molar-refractivity contribution in [3.05, 3.63) is 12.7 Å². The molecule has 0 heterocycles. The molecule has 0 radical (unpaired) electrons. The highest BCUT2D eigenvalue weighted by Gasteiger charge is 2.30. The lowest BCUT2D eigenvalue weighted by molar-refractivity contribution is -0.133. The van der Waals surface area contributed by atoms with Crippen LogP contribution in [0.2, 0.25) is 0 Å². The van der Waals surface area contributed by atoms with Crippen molar-refractivity contribution in [3.8, 4) is 0 Å². The molecule has 0 aromatic rings. The Morgan fingerprint density at radius 2 is 1.03 bits per heavy atom. The van der Waals surface area contributed by atoms with Gasteiger partial charge in [0, 0.05) is 13.0 Å². The van der Waals surface area contributed by atoms with Crippen LogP contribution in [0.5, 0.6) is 0 Å². The maximum Gasteiger partial charge on any atom is 0.243 e. The van der Waals surface area contributed by atoms with E-state index in [4.69, 9.17) is 0 Å². The van der Waals surface area contributed by atoms with Crippen LogP contribution in [-0.4, -0.2) is 36.3 Å². The summed E-state index contributed by atoms with van der Waals surface area (Å²) >= 11 is 0. The van der Waals surface area contributed by atoms with E-state index in [1.807, 2.05) is 27.7 Å². The maximum atomic E-state index is 12.9. The van der Waals surface area contributed by atoms with E-state index in [2.05, 4.69) is 29.5 Å². The fourth-order valence-corrected chi connectivity index (χ4v) is 4.79. The Bertz CT molecular complexity index is 648. The Kier molecular flexibility index (Phi) is 23.9. The average molecular weight is 550 g/mol. The van der Waals surface area contributed by atoms with Gasteiger partial charge in [0.2, 0.25) is 17.7 Å². The third-order valence-corrected chi connectivity index (χ3v) is 7.42. The second kappa shape index (κ2) is 25.1. The average Bonchev–Trinajstić information content (AvgIpc) is 2.90. The zero-order chi connectivity index (χ0) is 29.3. The standard InChI is InChI=1S/C33H63N3O3/c1-7-9-11-12-13-14-15-16-17-18-19-20-21-22-23-24-26-34-32(38)30(27(3)4)36-33(39)31(28(5)6)35-29(37)25-10-8-2/h8,27-28,30-31H,2,7,9-26H2,1,3-6H3,(H,34,38)(H,35,37)(H,36,39)/t30-,31-/m0/s1. The van der Waals surface area contributed by atoms with E-state index in [-0.39, 0.29) is 29.6 Å². The molecule has 0 aromatic heterocycles. The largest absolute Gasteiger partial charge is 0.354 e. The first kappa shape index (κ1) is 37.1. The van der Waals surface area contributed by atoms with Crippen LogP contribution in [0.15, 0.2) is 12.7 Å². The summed E-state index contributed by atoms with van der Waals surface area (Å²) < 4.78 is 0. The highest BCUT2D eigenvalue weighted by atomic mass is 16.2. The lowest BCUT2D eigenvalue weighted by atomic mass is 9.99. The molecule has 0 unspecified atom stereocenters. The third kappa shape index (κ3) is 20.7. The van der Waals surface area contributed by atoms with Crippen LogP contribution in [0.1, 0.15) is 150 Å². The number of allylic oxidation sites excluding steroid dienone is 1. The second-order valence-corrected chi connectivity index (χ2v) is 11.9. The molecule has 0 aliphatic heterocycles. The quantitative estimate of drug-likeness (QED) is 0.0766. The molecule has 2 atom stereocenters. The van der Waals surface area contributed by atoms with Crippen LogP contribution < -0.4 is 16.0 Å². The second-order valence-electron chi connectivity index (χ2n) is 11.9. The monoisotopic (exact) mass is 549 g/mol. The Labute approximate surface area is 241 Å². The molecule has 0 aliphatic carbocycles. The van der Waals surface area contributed by atoms with Gasteiger partial charge in [0.05, 0.1) is 0 Å². The molecule has 0 aromatic carbocycles. The van der Waals surface area contributed by atoms with Gasteiger partial charge in [0.1, 0.15) is 12.1 Å². The lowest BCUT2D eigenvalue weighted by Gasteiger charge is -2.27. The molecule has 0 fully saturated rings. The van der Waals surface area contributed by atoms with Crippen molar-refractivity contribution in [2.45, 2.75) is 162 Å². The molecule has 39 heavy (non-hydrogen) atoms. The SMILES string of the molecule is C=CCCC(=O)N[C@H](C(=O)N[C@H](C(=O)NCCCCCCCCCCCCCCCCCC)C(C)C)C(C)C. The topological polar surface area (TPSA) is 87.3 Å². The van der Waals surface area contributed by atoms with Crippen LogP contribution in [-0.2, 0) is 14.4 Å². The zero-order valence-corrected chi connectivity index (χ0v) is 26.3. The summed E-state index contributed by atoms with van der Waals surface area (Å²) in [6.45, 7) is 14.2. The first-order valence-electron chi connectivity index (χ1n) is 16.2. The van der Waals surface area contributed by atoms with Crippen molar-refractivity contribution < 1.29 is 14.4 Å². The van der Waals surface area contributed by atoms with E-state index in [1.54, 1.807) is 6.08 Å². The van der Waals surface area contributed by atoms with E-state index in [9.17, 15) is 14.4 Å². The molecule has 3 N–H and O–H groups in total. The number of unbranched alkanes of at least 4 members (excludes halogenated alkanes) is 15. The fraction of sp³-hybridized carbons (Fsp3) is 0.848. The van der Waals surface area contributed by atoms with Gasteiger partial charge in [-0.05, 0) is 24.7 Å². The molecular formula is C33H63N3O3. The summed E-state index contributed by atoms with van der Waals surface area (Å²) in [5.41, 5.74) is 0. The molecule has 3 amide bonds. The number of carbonyl (C=O) groups is 3. The van der Waals surface area contributed by atoms with Gasteiger partial charge in [-0.2, -0.15) is 0 Å². The van der Waals surface area contributed by atoms with Crippen LogP contribution in [0.4, 0.5) is 0 Å². The minimum absolute atomic E-state index is 0.0518. The van der Waals surface area contributed by atoms with Crippen molar-refractivity contribution in [3.63, 3.8) is 0 Å². The van der Waals surface area contributed by atoms with Gasteiger partial charge < -0.3 is 16.0 Å². The van der Waals surface area contributed by atoms with Crippen LogP contribution in [0.25, 0.3) is 0 Å². The van der Waals surface area contributed by atoms with Crippen LogP contribution >= 0.6 is 0 Å². The summed E-state index contributed by atoms with van der Waals surface area (Å²) in [5.74, 6) is -0.784. The number of carbonyl (C=O) groups excluding carboxylic acids is 3. The first-order chi connectivity index (χ1) is 18.7. The molecule has 228 valence electrons. The summed E-state index contributed by atoms with van der Waals surface area (Å²) in [6, 6.07) is -1.29. The predicted molar refractivity (Wildman–Crippen MR) is 166 cm³/mol. The van der Waals surface area contributed by atoms with Crippen molar-refractivity contribution in [1.82, 2.24) is 16.0 Å². The highest BCUT2D eigenvalue weighted by Crippen LogP contribution is 2.14. The van der Waals surface area contributed by atoms with Crippen LogP contribution in [0, 0.1) is 11.8 Å². The number of amides is 3. The first-order valence-corrected chi connectivity index (χ1v) is 16.2. The smallest absolute Gasteiger partial charge is 0.243 e. The molecule has 0 saturated carbocycles. The minimum Gasteiger partial charge on any atom is -0.354 e. The van der Waals surface area contributed by atoms with E-state index in [1.165, 1.54) is 89.9 Å². The fourth-order valence-electron chi connectivity index (χ4n) is 4.79. The van der Waals surface area contributed by atoms with E-state index >= 15 is 0 Å². The van der Waals surface area contributed by atoms with E-state index < -0.39 is 12.1 Å². The molecule has 6 nitrogen and oxygen atoms in total. The Morgan fingerprint density at radius 3 is 1.44 bits per heavy atom. The van der Waals surface area contributed by atoms with E-state index in [0.29, 0.717) is 19.4 Å².